The van der Waals surface area contributed by atoms with Crippen LogP contribution < -0.4 is 0 Å². The third-order valence-electron chi connectivity index (χ3n) is 9.99. The summed E-state index contributed by atoms with van der Waals surface area (Å²) < 4.78 is 11.0. The van der Waals surface area contributed by atoms with E-state index in [-0.39, 0.29) is 0 Å². The van der Waals surface area contributed by atoms with Gasteiger partial charge in [0.15, 0.2) is 0 Å². The molecular weight excluding hydrogens is 367 g/mol. The molecule has 0 aromatic heterocycles. The summed E-state index contributed by atoms with van der Waals surface area (Å²) in [6.45, 7) is 7.45. The third-order valence-corrected chi connectivity index (χ3v) is 10.4. The van der Waals surface area contributed by atoms with Gasteiger partial charge in [0.2, 0.25) is 0 Å². The molecule has 0 amide bonds. The highest BCUT2D eigenvalue weighted by Gasteiger charge is 2.60. The van der Waals surface area contributed by atoms with Gasteiger partial charge in [-0.3, -0.25) is 0 Å². The van der Waals surface area contributed by atoms with Gasteiger partial charge in [0, 0.05) is 12.1 Å². The minimum atomic E-state index is -4.20. The normalized spacial score (nSPS) is 46.5. The quantitative estimate of drug-likeness (QED) is 0.424. The van der Waals surface area contributed by atoms with Crippen LogP contribution in [0.1, 0.15) is 91.4 Å². The van der Waals surface area contributed by atoms with E-state index in [1.807, 2.05) is 0 Å². The van der Waals surface area contributed by atoms with Crippen LogP contribution in [0.3, 0.4) is 0 Å². The lowest BCUT2D eigenvalue weighted by Crippen LogP contribution is -2.53. The van der Waals surface area contributed by atoms with Gasteiger partial charge >= 0.3 is 7.60 Å². The lowest BCUT2D eigenvalue weighted by Gasteiger charge is -2.60. The molecule has 1 unspecified atom stereocenters. The van der Waals surface area contributed by atoms with Crippen LogP contribution in [0.25, 0.3) is 0 Å². The van der Waals surface area contributed by atoms with Crippen molar-refractivity contribution in [3.63, 3.8) is 0 Å². The van der Waals surface area contributed by atoms with Crippen molar-refractivity contribution < 1.29 is 14.4 Å². The Hall–Kier alpha value is -0.290. The zero-order chi connectivity index (χ0) is 20.2. The third kappa shape index (κ3) is 3.53. The van der Waals surface area contributed by atoms with Crippen molar-refractivity contribution in [1.29, 1.82) is 0 Å². The van der Waals surface area contributed by atoms with Crippen LogP contribution in [-0.2, 0) is 4.57 Å². The Bertz CT molecular complexity index is 702. The van der Waals surface area contributed by atoms with E-state index in [0.717, 1.165) is 23.7 Å². The Morgan fingerprint density at radius 2 is 1.71 bits per heavy atom. The topological polar surface area (TPSA) is 57.5 Å². The molecule has 0 radical (unpaired) electrons. The van der Waals surface area contributed by atoms with E-state index in [1.165, 1.54) is 64.2 Å². The van der Waals surface area contributed by atoms with E-state index < -0.39 is 7.60 Å². The number of hydrogen-bond acceptors (Lipinski definition) is 1. The van der Waals surface area contributed by atoms with Gasteiger partial charge in [-0.25, -0.2) is 4.57 Å². The predicted octanol–water partition coefficient (Wildman–Crippen LogP) is 6.20. The van der Waals surface area contributed by atoms with E-state index in [0.29, 0.717) is 29.1 Å². The van der Waals surface area contributed by atoms with Gasteiger partial charge in [-0.15, -0.1) is 0 Å². The molecule has 3 nitrogen and oxygen atoms in total. The molecule has 4 heteroatoms. The first-order chi connectivity index (χ1) is 13.2. The zero-order valence-electron chi connectivity index (χ0n) is 18.0. The summed E-state index contributed by atoms with van der Waals surface area (Å²) in [7, 11) is -4.20. The first-order valence-electron chi connectivity index (χ1n) is 11.7. The largest absolute Gasteiger partial charge is 0.400 e. The standard InChI is InChI=1S/C24H39O3P/c1-17(7-6-16-28(25,26)27)20-11-12-21-19-10-9-18-8-4-5-14-23(18,2)22(19)13-15-24(20,21)3/h17-22H,4-5,7-15H2,1-3H3,(H2,25,26,27)/t17-,18?,19+,20-,21+,22+,23+,24-/m1/s1. The summed E-state index contributed by atoms with van der Waals surface area (Å²) in [5, 5.41) is 0. The second kappa shape index (κ2) is 7.44. The van der Waals surface area contributed by atoms with Crippen LogP contribution in [0.2, 0.25) is 0 Å². The maximum absolute atomic E-state index is 11.0. The summed E-state index contributed by atoms with van der Waals surface area (Å²) in [6, 6.07) is 0. The molecule has 4 rings (SSSR count). The van der Waals surface area contributed by atoms with Crippen molar-refractivity contribution in [3.05, 3.63) is 0 Å². The molecule has 0 saturated heterocycles. The van der Waals surface area contributed by atoms with Crippen LogP contribution in [0.5, 0.6) is 0 Å². The van der Waals surface area contributed by atoms with Crippen molar-refractivity contribution in [2.45, 2.75) is 91.4 Å². The van der Waals surface area contributed by atoms with Gasteiger partial charge in [-0.2, -0.15) is 0 Å². The maximum Gasteiger partial charge on any atom is 0.400 e. The van der Waals surface area contributed by atoms with Gasteiger partial charge in [-0.1, -0.05) is 39.5 Å². The molecule has 0 aromatic carbocycles. The average molecular weight is 407 g/mol. The molecule has 0 bridgehead atoms. The highest BCUT2D eigenvalue weighted by Crippen LogP contribution is 2.68. The lowest BCUT2D eigenvalue weighted by molar-refractivity contribution is -0.114. The second-order valence-electron chi connectivity index (χ2n) is 11.1. The first-order valence-corrected chi connectivity index (χ1v) is 13.3. The molecule has 158 valence electrons. The van der Waals surface area contributed by atoms with Crippen LogP contribution in [0, 0.1) is 57.9 Å². The fourth-order valence-electron chi connectivity index (χ4n) is 8.72. The lowest BCUT2D eigenvalue weighted by atomic mass is 9.44. The summed E-state index contributed by atoms with van der Waals surface area (Å²) >= 11 is 0. The first kappa shape index (κ1) is 21.0. The molecule has 4 aliphatic rings. The SMILES string of the molecule is C[C@H](CC#CP(=O)(O)O)[C@H]1CC[C@H]2[C@@H]3CCC4CCCC[C@]4(C)[C@H]3CC[C@]12C. The van der Waals surface area contributed by atoms with Crippen molar-refractivity contribution in [1.82, 2.24) is 0 Å². The van der Waals surface area contributed by atoms with Crippen LogP contribution in [0.4, 0.5) is 0 Å². The second-order valence-corrected chi connectivity index (χ2v) is 12.5. The van der Waals surface area contributed by atoms with Crippen molar-refractivity contribution in [2.75, 3.05) is 0 Å². The highest BCUT2D eigenvalue weighted by molar-refractivity contribution is 7.57. The van der Waals surface area contributed by atoms with E-state index >= 15 is 0 Å². The van der Waals surface area contributed by atoms with Gasteiger partial charge < -0.3 is 9.79 Å². The summed E-state index contributed by atoms with van der Waals surface area (Å²) in [5.41, 5.74) is 3.16. The highest BCUT2D eigenvalue weighted by atomic mass is 31.2. The Morgan fingerprint density at radius 3 is 2.46 bits per heavy atom. The molecule has 4 aliphatic carbocycles. The fourth-order valence-corrected chi connectivity index (χ4v) is 9.02. The number of hydrogen-bond donors (Lipinski definition) is 2. The molecule has 28 heavy (non-hydrogen) atoms. The fraction of sp³-hybridized carbons (Fsp3) is 0.917. The van der Waals surface area contributed by atoms with E-state index in [2.05, 4.69) is 32.4 Å². The Kier molecular flexibility index (Phi) is 5.57. The maximum atomic E-state index is 11.0. The number of rotatable bonds is 2. The molecule has 8 atom stereocenters. The smallest absolute Gasteiger partial charge is 0.315 e. The average Bonchev–Trinajstić information content (AvgIpc) is 2.97. The number of fused-ring (bicyclic) bond motifs is 5. The molecule has 4 fully saturated rings. The van der Waals surface area contributed by atoms with Crippen molar-refractivity contribution >= 4 is 7.60 Å². The summed E-state index contributed by atoms with van der Waals surface area (Å²) in [5.74, 6) is 7.56. The zero-order valence-corrected chi connectivity index (χ0v) is 18.9. The summed E-state index contributed by atoms with van der Waals surface area (Å²) in [4.78, 5) is 18.0. The molecule has 0 heterocycles. The van der Waals surface area contributed by atoms with Crippen LogP contribution in [-0.4, -0.2) is 9.79 Å². The Balaban J connectivity index is 1.50. The van der Waals surface area contributed by atoms with E-state index in [4.69, 9.17) is 9.79 Å². The monoisotopic (exact) mass is 406 g/mol. The van der Waals surface area contributed by atoms with E-state index in [1.54, 1.807) is 0 Å². The van der Waals surface area contributed by atoms with Gasteiger partial charge in [0.1, 0.15) is 0 Å². The van der Waals surface area contributed by atoms with Crippen LogP contribution in [0.15, 0.2) is 0 Å². The predicted molar refractivity (Wildman–Crippen MR) is 113 cm³/mol. The Morgan fingerprint density at radius 1 is 0.964 bits per heavy atom. The molecule has 0 aromatic rings. The van der Waals surface area contributed by atoms with Gasteiger partial charge in [-0.05, 0) is 97.7 Å². The molecule has 0 aliphatic heterocycles. The van der Waals surface area contributed by atoms with E-state index in [9.17, 15) is 4.57 Å². The van der Waals surface area contributed by atoms with Crippen molar-refractivity contribution in [3.8, 4) is 11.6 Å². The summed E-state index contributed by atoms with van der Waals surface area (Å²) in [6.07, 6.45) is 14.7. The Labute approximate surface area is 171 Å². The minimum absolute atomic E-state index is 0.405. The molecule has 2 N–H and O–H groups in total. The molecular formula is C24H39O3P. The van der Waals surface area contributed by atoms with Gasteiger partial charge in [0.25, 0.3) is 0 Å². The molecule has 4 saturated carbocycles. The molecule has 0 spiro atoms. The van der Waals surface area contributed by atoms with Crippen LogP contribution >= 0.6 is 7.60 Å². The minimum Gasteiger partial charge on any atom is -0.315 e. The van der Waals surface area contributed by atoms with Crippen molar-refractivity contribution in [2.24, 2.45) is 46.3 Å². The van der Waals surface area contributed by atoms with Gasteiger partial charge in [0.05, 0.1) is 0 Å².